The van der Waals surface area contributed by atoms with Crippen molar-refractivity contribution < 1.29 is 0 Å². The van der Waals surface area contributed by atoms with Crippen molar-refractivity contribution in [1.82, 2.24) is 5.32 Å². The summed E-state index contributed by atoms with van der Waals surface area (Å²) in [5.41, 5.74) is 13.4. The van der Waals surface area contributed by atoms with Crippen LogP contribution in [0.15, 0.2) is 85.6 Å². The van der Waals surface area contributed by atoms with Crippen molar-refractivity contribution in [2.45, 2.75) is 20.3 Å². The monoisotopic (exact) mass is 344 g/mol. The maximum absolute atomic E-state index is 5.33. The lowest BCUT2D eigenvalue weighted by molar-refractivity contribution is 0.981. The first kappa shape index (κ1) is 19.3. The zero-order valence-electron chi connectivity index (χ0n) is 15.8. The van der Waals surface area contributed by atoms with Crippen LogP contribution in [-0.4, -0.2) is 6.54 Å². The number of nitrogens with one attached hydrogen (secondary N) is 1. The van der Waals surface area contributed by atoms with Crippen LogP contribution < -0.4 is 11.1 Å². The predicted octanol–water partition coefficient (Wildman–Crippen LogP) is 5.37. The molecular weight excluding hydrogens is 316 g/mol. The molecule has 0 spiro atoms. The van der Waals surface area contributed by atoms with Gasteiger partial charge < -0.3 is 11.1 Å². The molecule has 2 aromatic carbocycles. The van der Waals surface area contributed by atoms with E-state index in [1.165, 1.54) is 28.5 Å². The standard InChI is InChI=1S/C24H28N2/c1-5-21-13-6-7-14-22(21)23-15-10-12-19(3)24(23)20(4)26-17-18(2)11-8-9-16-25/h6-16,26H,2,4-5,17,25H2,1,3H3/b11-8-,16-9-. The van der Waals surface area contributed by atoms with Crippen LogP contribution in [0, 0.1) is 6.92 Å². The second-order valence-corrected chi connectivity index (χ2v) is 6.24. The van der Waals surface area contributed by atoms with E-state index in [4.69, 9.17) is 5.73 Å². The quantitative estimate of drug-likeness (QED) is 0.632. The fourth-order valence-corrected chi connectivity index (χ4v) is 3.01. The molecule has 0 aliphatic rings. The maximum Gasteiger partial charge on any atom is 0.0394 e. The van der Waals surface area contributed by atoms with Crippen molar-refractivity contribution in [2.75, 3.05) is 6.54 Å². The number of benzene rings is 2. The van der Waals surface area contributed by atoms with E-state index in [1.54, 1.807) is 6.08 Å². The van der Waals surface area contributed by atoms with Gasteiger partial charge in [0.1, 0.15) is 0 Å². The van der Waals surface area contributed by atoms with Gasteiger partial charge in [0.25, 0.3) is 0 Å². The first-order chi connectivity index (χ1) is 12.6. The molecule has 0 fully saturated rings. The average Bonchev–Trinajstić information content (AvgIpc) is 2.66. The normalized spacial score (nSPS) is 11.2. The van der Waals surface area contributed by atoms with Gasteiger partial charge in [-0.1, -0.05) is 74.7 Å². The molecule has 3 N–H and O–H groups in total. The number of hydrogen-bond donors (Lipinski definition) is 2. The van der Waals surface area contributed by atoms with Gasteiger partial charge in [0, 0.05) is 17.8 Å². The van der Waals surface area contributed by atoms with Crippen LogP contribution in [-0.2, 0) is 6.42 Å². The molecule has 134 valence electrons. The molecule has 2 rings (SSSR count). The van der Waals surface area contributed by atoms with Gasteiger partial charge in [-0.3, -0.25) is 0 Å². The Morgan fingerprint density at radius 1 is 1.04 bits per heavy atom. The van der Waals surface area contributed by atoms with E-state index in [2.05, 4.69) is 74.8 Å². The van der Waals surface area contributed by atoms with Gasteiger partial charge >= 0.3 is 0 Å². The Labute approximate surface area is 157 Å². The highest BCUT2D eigenvalue weighted by molar-refractivity contribution is 5.83. The van der Waals surface area contributed by atoms with E-state index in [0.29, 0.717) is 6.54 Å². The number of rotatable bonds is 8. The summed E-state index contributed by atoms with van der Waals surface area (Å²) in [6.45, 7) is 13.3. The molecule has 0 saturated carbocycles. The van der Waals surface area contributed by atoms with Gasteiger partial charge in [0.05, 0.1) is 0 Å². The second-order valence-electron chi connectivity index (χ2n) is 6.24. The van der Waals surface area contributed by atoms with E-state index in [-0.39, 0.29) is 0 Å². The van der Waals surface area contributed by atoms with Crippen LogP contribution in [0.1, 0.15) is 23.6 Å². The average molecular weight is 345 g/mol. The molecular formula is C24H28N2. The summed E-state index contributed by atoms with van der Waals surface area (Å²) in [6.07, 6.45) is 8.10. The van der Waals surface area contributed by atoms with Gasteiger partial charge in [0.2, 0.25) is 0 Å². The van der Waals surface area contributed by atoms with Crippen molar-refractivity contribution in [3.05, 3.63) is 102 Å². The second kappa shape index (κ2) is 9.47. The smallest absolute Gasteiger partial charge is 0.0394 e. The van der Waals surface area contributed by atoms with Crippen molar-refractivity contribution in [1.29, 1.82) is 0 Å². The molecule has 0 atom stereocenters. The highest BCUT2D eigenvalue weighted by atomic mass is 14.9. The van der Waals surface area contributed by atoms with E-state index < -0.39 is 0 Å². The van der Waals surface area contributed by atoms with Gasteiger partial charge in [-0.05, 0) is 53.4 Å². The van der Waals surface area contributed by atoms with E-state index in [1.807, 2.05) is 12.2 Å². The minimum absolute atomic E-state index is 0.636. The predicted molar refractivity (Wildman–Crippen MR) is 115 cm³/mol. The lowest BCUT2D eigenvalue weighted by Crippen LogP contribution is -2.15. The van der Waals surface area contributed by atoms with Crippen LogP contribution >= 0.6 is 0 Å². The van der Waals surface area contributed by atoms with Crippen LogP contribution in [0.5, 0.6) is 0 Å². The van der Waals surface area contributed by atoms with Gasteiger partial charge in [-0.2, -0.15) is 0 Å². The van der Waals surface area contributed by atoms with Crippen molar-refractivity contribution in [3.63, 3.8) is 0 Å². The zero-order chi connectivity index (χ0) is 18.9. The highest BCUT2D eigenvalue weighted by Crippen LogP contribution is 2.32. The molecule has 0 unspecified atom stereocenters. The summed E-state index contributed by atoms with van der Waals surface area (Å²) >= 11 is 0. The molecule has 0 radical (unpaired) electrons. The van der Waals surface area contributed by atoms with Crippen LogP contribution in [0.4, 0.5) is 0 Å². The fourth-order valence-electron chi connectivity index (χ4n) is 3.01. The Morgan fingerprint density at radius 3 is 2.50 bits per heavy atom. The maximum atomic E-state index is 5.33. The summed E-state index contributed by atoms with van der Waals surface area (Å²) in [5, 5.41) is 3.41. The highest BCUT2D eigenvalue weighted by Gasteiger charge is 2.13. The molecule has 26 heavy (non-hydrogen) atoms. The van der Waals surface area contributed by atoms with Crippen LogP contribution in [0.25, 0.3) is 16.8 Å². The van der Waals surface area contributed by atoms with E-state index >= 15 is 0 Å². The molecule has 0 aromatic heterocycles. The van der Waals surface area contributed by atoms with Crippen LogP contribution in [0.2, 0.25) is 0 Å². The van der Waals surface area contributed by atoms with Gasteiger partial charge in [-0.25, -0.2) is 0 Å². The van der Waals surface area contributed by atoms with Gasteiger partial charge in [0.15, 0.2) is 0 Å². The summed E-state index contributed by atoms with van der Waals surface area (Å²) in [6, 6.07) is 15.0. The number of allylic oxidation sites excluding steroid dienone is 2. The molecule has 0 amide bonds. The minimum Gasteiger partial charge on any atom is -0.405 e. The molecule has 0 aliphatic heterocycles. The Morgan fingerprint density at radius 2 is 1.77 bits per heavy atom. The summed E-state index contributed by atoms with van der Waals surface area (Å²) in [7, 11) is 0. The summed E-state index contributed by atoms with van der Waals surface area (Å²) < 4.78 is 0. The lowest BCUT2D eigenvalue weighted by atomic mass is 9.90. The third kappa shape index (κ3) is 4.76. The molecule has 0 bridgehead atoms. The lowest BCUT2D eigenvalue weighted by Gasteiger charge is -2.18. The Hall–Kier alpha value is -3.00. The molecule has 0 aliphatic carbocycles. The largest absolute Gasteiger partial charge is 0.405 e. The number of aryl methyl sites for hydroxylation is 2. The van der Waals surface area contributed by atoms with Crippen molar-refractivity contribution >= 4 is 5.70 Å². The zero-order valence-corrected chi connectivity index (χ0v) is 15.8. The Bertz CT molecular complexity index is 841. The van der Waals surface area contributed by atoms with Crippen molar-refractivity contribution in [2.24, 2.45) is 5.73 Å². The third-order valence-electron chi connectivity index (χ3n) is 4.35. The molecule has 0 heterocycles. The minimum atomic E-state index is 0.636. The first-order valence-electron chi connectivity index (χ1n) is 8.92. The topological polar surface area (TPSA) is 38.0 Å². The van der Waals surface area contributed by atoms with E-state index in [9.17, 15) is 0 Å². The number of hydrogen-bond acceptors (Lipinski definition) is 2. The van der Waals surface area contributed by atoms with Crippen molar-refractivity contribution in [3.8, 4) is 11.1 Å². The van der Waals surface area contributed by atoms with E-state index in [0.717, 1.165) is 23.3 Å². The molecule has 0 saturated heterocycles. The Balaban J connectivity index is 2.29. The summed E-state index contributed by atoms with van der Waals surface area (Å²) in [4.78, 5) is 0. The number of nitrogens with two attached hydrogens (primary N) is 1. The molecule has 2 nitrogen and oxygen atoms in total. The molecule has 2 aromatic rings. The molecule has 2 heteroatoms. The third-order valence-corrected chi connectivity index (χ3v) is 4.35. The Kier molecular flexibility index (Phi) is 7.04. The first-order valence-corrected chi connectivity index (χ1v) is 8.92. The van der Waals surface area contributed by atoms with Gasteiger partial charge in [-0.15, -0.1) is 0 Å². The summed E-state index contributed by atoms with van der Waals surface area (Å²) in [5.74, 6) is 0. The van der Waals surface area contributed by atoms with Crippen LogP contribution in [0.3, 0.4) is 0 Å². The fraction of sp³-hybridized carbons (Fsp3) is 0.167. The SMILES string of the molecule is C=C(/C=C\C=C/N)CNC(=C)c1c(C)cccc1-c1ccccc1CC.